The Morgan fingerprint density at radius 2 is 2.29 bits per heavy atom. The largest absolute Gasteiger partial charge is 0.484 e. The summed E-state index contributed by atoms with van der Waals surface area (Å²) in [6.45, 7) is 5.07. The van der Waals surface area contributed by atoms with Gasteiger partial charge in [0, 0.05) is 12.6 Å². The fourth-order valence-electron chi connectivity index (χ4n) is 2.52. The number of nitro groups is 1. The van der Waals surface area contributed by atoms with Crippen molar-refractivity contribution in [1.82, 2.24) is 5.32 Å². The zero-order valence-corrected chi connectivity index (χ0v) is 12.7. The second-order valence-corrected chi connectivity index (χ2v) is 5.94. The highest BCUT2D eigenvalue weighted by atomic mass is 16.6. The molecule has 1 atom stereocenters. The van der Waals surface area contributed by atoms with E-state index in [1.54, 1.807) is 12.1 Å². The zero-order valence-electron chi connectivity index (χ0n) is 12.7. The van der Waals surface area contributed by atoms with E-state index in [0.717, 1.165) is 18.4 Å². The molecule has 1 saturated heterocycles. The van der Waals surface area contributed by atoms with E-state index in [-0.39, 0.29) is 17.4 Å². The number of nitro benzene ring substituents is 1. The van der Waals surface area contributed by atoms with Crippen LogP contribution in [-0.4, -0.2) is 30.3 Å². The fraction of sp³-hybridized carbons (Fsp3) is 0.600. The molecule has 0 saturated carbocycles. The Labute approximate surface area is 124 Å². The first-order chi connectivity index (χ1) is 9.91. The molecule has 0 bridgehead atoms. The molecule has 21 heavy (non-hydrogen) atoms. The van der Waals surface area contributed by atoms with Gasteiger partial charge in [-0.25, -0.2) is 0 Å². The summed E-state index contributed by atoms with van der Waals surface area (Å²) in [7, 11) is 1.83. The van der Waals surface area contributed by atoms with Crippen molar-refractivity contribution in [1.29, 1.82) is 0 Å². The van der Waals surface area contributed by atoms with Crippen molar-refractivity contribution in [2.24, 2.45) is 0 Å². The Kier molecular flexibility index (Phi) is 4.80. The van der Waals surface area contributed by atoms with Crippen molar-refractivity contribution < 1.29 is 14.4 Å². The molecule has 0 aromatic heterocycles. The topological polar surface area (TPSA) is 73.6 Å². The van der Waals surface area contributed by atoms with Gasteiger partial charge in [-0.2, -0.15) is 0 Å². The van der Waals surface area contributed by atoms with E-state index in [1.165, 1.54) is 6.07 Å². The quantitative estimate of drug-likeness (QED) is 0.645. The highest BCUT2D eigenvalue weighted by molar-refractivity contribution is 5.48. The maximum absolute atomic E-state index is 11.1. The number of hydrogen-bond donors (Lipinski definition) is 1. The molecule has 1 fully saturated rings. The van der Waals surface area contributed by atoms with Gasteiger partial charge in [0.25, 0.3) is 0 Å². The molecule has 0 spiro atoms. The summed E-state index contributed by atoms with van der Waals surface area (Å²) < 4.78 is 11.5. The van der Waals surface area contributed by atoms with E-state index in [2.05, 4.69) is 5.32 Å². The lowest BCUT2D eigenvalue weighted by atomic mass is 10.1. The van der Waals surface area contributed by atoms with Gasteiger partial charge in [0.15, 0.2) is 5.75 Å². The van der Waals surface area contributed by atoms with Gasteiger partial charge in [-0.05, 0) is 45.4 Å². The third kappa shape index (κ3) is 4.15. The van der Waals surface area contributed by atoms with Gasteiger partial charge in [0.1, 0.15) is 6.61 Å². The van der Waals surface area contributed by atoms with Gasteiger partial charge in [0.05, 0.1) is 16.6 Å². The predicted octanol–water partition coefficient (Wildman–Crippen LogP) is 2.65. The monoisotopic (exact) mass is 294 g/mol. The fourth-order valence-corrected chi connectivity index (χ4v) is 2.52. The lowest BCUT2D eigenvalue weighted by Gasteiger charge is -2.19. The first kappa shape index (κ1) is 15.7. The Balaban J connectivity index is 2.06. The van der Waals surface area contributed by atoms with Crippen LogP contribution >= 0.6 is 0 Å². The van der Waals surface area contributed by atoms with Crippen molar-refractivity contribution in [3.05, 3.63) is 33.9 Å². The minimum atomic E-state index is -0.419. The highest BCUT2D eigenvalue weighted by Crippen LogP contribution is 2.32. The van der Waals surface area contributed by atoms with Crippen LogP contribution in [-0.2, 0) is 11.3 Å². The summed E-state index contributed by atoms with van der Waals surface area (Å²) in [6, 6.07) is 4.94. The molecule has 0 amide bonds. The molecule has 2 rings (SSSR count). The van der Waals surface area contributed by atoms with Crippen molar-refractivity contribution in [2.45, 2.75) is 44.9 Å². The smallest absolute Gasteiger partial charge is 0.310 e. The maximum atomic E-state index is 11.1. The molecule has 116 valence electrons. The standard InChI is InChI=1S/C15H22N2O4/c1-15(2)7-6-12(21-15)10-20-14-8-11(9-16-3)4-5-13(14)17(18)19/h4-5,8,12,16H,6-7,9-10H2,1-3H3. The van der Waals surface area contributed by atoms with Crippen LogP contribution < -0.4 is 10.1 Å². The molecule has 1 aromatic carbocycles. The van der Waals surface area contributed by atoms with Gasteiger partial charge >= 0.3 is 5.69 Å². The molecule has 1 heterocycles. The average Bonchev–Trinajstić information content (AvgIpc) is 2.76. The highest BCUT2D eigenvalue weighted by Gasteiger charge is 2.32. The number of nitrogens with one attached hydrogen (secondary N) is 1. The number of hydrogen-bond acceptors (Lipinski definition) is 5. The average molecular weight is 294 g/mol. The predicted molar refractivity (Wildman–Crippen MR) is 79.5 cm³/mol. The number of benzene rings is 1. The number of rotatable bonds is 6. The molecule has 1 N–H and O–H groups in total. The minimum Gasteiger partial charge on any atom is -0.484 e. The third-order valence-electron chi connectivity index (χ3n) is 3.58. The summed E-state index contributed by atoms with van der Waals surface area (Å²) in [5.41, 5.74) is 0.811. The van der Waals surface area contributed by atoms with Crippen LogP contribution in [0.4, 0.5) is 5.69 Å². The third-order valence-corrected chi connectivity index (χ3v) is 3.58. The van der Waals surface area contributed by atoms with E-state index in [4.69, 9.17) is 9.47 Å². The number of nitrogens with zero attached hydrogens (tertiary/aromatic N) is 1. The molecular formula is C15H22N2O4. The molecule has 0 aliphatic carbocycles. The van der Waals surface area contributed by atoms with E-state index in [9.17, 15) is 10.1 Å². The molecule has 1 aliphatic heterocycles. The van der Waals surface area contributed by atoms with Crippen LogP contribution in [0.15, 0.2) is 18.2 Å². The normalized spacial score (nSPS) is 20.4. The van der Waals surface area contributed by atoms with Gasteiger partial charge in [0.2, 0.25) is 0 Å². The minimum absolute atomic E-state index is 0.00689. The number of ether oxygens (including phenoxy) is 2. The van der Waals surface area contributed by atoms with Crippen LogP contribution in [0.25, 0.3) is 0 Å². The van der Waals surface area contributed by atoms with Crippen molar-refractivity contribution in [3.8, 4) is 5.75 Å². The second kappa shape index (κ2) is 6.41. The second-order valence-electron chi connectivity index (χ2n) is 5.94. The molecule has 0 radical (unpaired) electrons. The van der Waals surface area contributed by atoms with E-state index in [0.29, 0.717) is 18.9 Å². The van der Waals surface area contributed by atoms with Crippen LogP contribution in [0, 0.1) is 10.1 Å². The Morgan fingerprint density at radius 1 is 1.52 bits per heavy atom. The van der Waals surface area contributed by atoms with Crippen LogP contribution in [0.3, 0.4) is 0 Å². The lowest BCUT2D eigenvalue weighted by molar-refractivity contribution is -0.386. The molecule has 1 aromatic rings. The molecule has 6 heteroatoms. The van der Waals surface area contributed by atoms with Crippen molar-refractivity contribution in [2.75, 3.05) is 13.7 Å². The lowest BCUT2D eigenvalue weighted by Crippen LogP contribution is -2.24. The summed E-state index contributed by atoms with van der Waals surface area (Å²) in [4.78, 5) is 10.7. The van der Waals surface area contributed by atoms with Crippen LogP contribution in [0.1, 0.15) is 32.3 Å². The molecular weight excluding hydrogens is 272 g/mol. The summed E-state index contributed by atoms with van der Waals surface area (Å²) in [5, 5.41) is 14.1. The first-order valence-electron chi connectivity index (χ1n) is 7.14. The van der Waals surface area contributed by atoms with Gasteiger partial charge < -0.3 is 14.8 Å². The molecule has 1 aliphatic rings. The molecule has 6 nitrogen and oxygen atoms in total. The Morgan fingerprint density at radius 3 is 2.86 bits per heavy atom. The van der Waals surface area contributed by atoms with Gasteiger partial charge in [-0.15, -0.1) is 0 Å². The summed E-state index contributed by atoms with van der Waals surface area (Å²) in [5.74, 6) is 0.307. The van der Waals surface area contributed by atoms with Crippen LogP contribution in [0.2, 0.25) is 0 Å². The SMILES string of the molecule is CNCc1ccc([N+](=O)[O-])c(OCC2CCC(C)(C)O2)c1. The van der Waals surface area contributed by atoms with Gasteiger partial charge in [-0.1, -0.05) is 6.07 Å². The Bertz CT molecular complexity index is 516. The maximum Gasteiger partial charge on any atom is 0.310 e. The van der Waals surface area contributed by atoms with Crippen LogP contribution in [0.5, 0.6) is 5.75 Å². The summed E-state index contributed by atoms with van der Waals surface area (Å²) in [6.07, 6.45) is 1.88. The zero-order chi connectivity index (χ0) is 15.5. The van der Waals surface area contributed by atoms with Gasteiger partial charge in [-0.3, -0.25) is 10.1 Å². The van der Waals surface area contributed by atoms with Crippen molar-refractivity contribution in [3.63, 3.8) is 0 Å². The molecule has 1 unspecified atom stereocenters. The first-order valence-corrected chi connectivity index (χ1v) is 7.14. The van der Waals surface area contributed by atoms with Crippen molar-refractivity contribution >= 4 is 5.69 Å². The summed E-state index contributed by atoms with van der Waals surface area (Å²) >= 11 is 0. The van der Waals surface area contributed by atoms with E-state index in [1.807, 2.05) is 20.9 Å². The van der Waals surface area contributed by atoms with E-state index < -0.39 is 4.92 Å². The van der Waals surface area contributed by atoms with E-state index >= 15 is 0 Å². The Hall–Kier alpha value is -1.66.